The van der Waals surface area contributed by atoms with Crippen LogP contribution in [0.15, 0.2) is 16.6 Å². The van der Waals surface area contributed by atoms with Crippen molar-refractivity contribution in [2.75, 3.05) is 13.1 Å². The Morgan fingerprint density at radius 2 is 2.29 bits per heavy atom. The molecule has 0 aliphatic carbocycles. The topological polar surface area (TPSA) is 40.7 Å². The monoisotopic (exact) mass is 297 g/mol. The third-order valence-corrected chi connectivity index (χ3v) is 4.07. The lowest BCUT2D eigenvalue weighted by atomic mass is 9.89. The maximum Gasteiger partial charge on any atom is 0.139 e. The number of hydrogen-bond donors (Lipinski definition) is 2. The molecule has 17 heavy (non-hydrogen) atoms. The van der Waals surface area contributed by atoms with Crippen LogP contribution in [0.2, 0.25) is 0 Å². The van der Waals surface area contributed by atoms with Gasteiger partial charge in [0, 0.05) is 18.0 Å². The van der Waals surface area contributed by atoms with Crippen LogP contribution in [0.25, 0.3) is 11.0 Å². The summed E-state index contributed by atoms with van der Waals surface area (Å²) in [5.74, 6) is 0.678. The fraction of sp³-hybridized carbons (Fsp3) is 0.417. The molecule has 2 heterocycles. The Hall–Kier alpha value is -0.940. The lowest BCUT2D eigenvalue weighted by Gasteiger charge is -2.18. The van der Waals surface area contributed by atoms with Crippen LogP contribution < -0.4 is 5.32 Å². The van der Waals surface area contributed by atoms with Crippen molar-refractivity contribution in [3.05, 3.63) is 28.2 Å². The smallest absolute Gasteiger partial charge is 0.139 e. The van der Waals surface area contributed by atoms with E-state index in [1.165, 1.54) is 6.07 Å². The van der Waals surface area contributed by atoms with E-state index < -0.39 is 0 Å². The summed E-state index contributed by atoms with van der Waals surface area (Å²) in [6.07, 6.45) is 1.05. The second-order valence-corrected chi connectivity index (χ2v) is 5.71. The van der Waals surface area contributed by atoms with Crippen molar-refractivity contribution in [2.24, 2.45) is 0 Å². The lowest BCUT2D eigenvalue weighted by Crippen LogP contribution is -2.26. The SMILES string of the molecule is CC1(c2nc3cc(Br)c(F)cc3[nH]2)CCNC1. The number of H-pyrrole nitrogens is 1. The number of benzene rings is 1. The molecule has 0 spiro atoms. The van der Waals surface area contributed by atoms with E-state index in [1.807, 2.05) is 0 Å². The molecule has 0 amide bonds. The summed E-state index contributed by atoms with van der Waals surface area (Å²) in [5, 5.41) is 3.34. The quantitative estimate of drug-likeness (QED) is 0.850. The largest absolute Gasteiger partial charge is 0.341 e. The molecule has 1 aliphatic rings. The number of hydrogen-bond acceptors (Lipinski definition) is 2. The molecular formula is C12H13BrFN3. The molecule has 2 N–H and O–H groups in total. The molecule has 5 heteroatoms. The van der Waals surface area contributed by atoms with Crippen LogP contribution in [-0.4, -0.2) is 23.1 Å². The lowest BCUT2D eigenvalue weighted by molar-refractivity contribution is 0.496. The van der Waals surface area contributed by atoms with Gasteiger partial charge in [0.2, 0.25) is 0 Å². The number of halogens is 2. The van der Waals surface area contributed by atoms with Crippen LogP contribution in [0.3, 0.4) is 0 Å². The molecule has 3 nitrogen and oxygen atoms in total. The van der Waals surface area contributed by atoms with Gasteiger partial charge < -0.3 is 10.3 Å². The minimum absolute atomic E-state index is 0.0297. The number of fused-ring (bicyclic) bond motifs is 1. The van der Waals surface area contributed by atoms with Gasteiger partial charge in [-0.15, -0.1) is 0 Å². The first-order valence-corrected chi connectivity index (χ1v) is 6.44. The average Bonchev–Trinajstić information content (AvgIpc) is 2.87. The van der Waals surface area contributed by atoms with Gasteiger partial charge in [0.15, 0.2) is 0 Å². The first-order chi connectivity index (χ1) is 8.08. The van der Waals surface area contributed by atoms with Gasteiger partial charge in [-0.2, -0.15) is 0 Å². The number of nitrogens with one attached hydrogen (secondary N) is 2. The molecule has 1 unspecified atom stereocenters. The Morgan fingerprint density at radius 3 is 3.00 bits per heavy atom. The number of imidazole rings is 1. The number of aromatic nitrogens is 2. The van der Waals surface area contributed by atoms with E-state index in [4.69, 9.17) is 0 Å². The Morgan fingerprint density at radius 1 is 1.47 bits per heavy atom. The summed E-state index contributed by atoms with van der Waals surface area (Å²) in [4.78, 5) is 7.81. The summed E-state index contributed by atoms with van der Waals surface area (Å²) < 4.78 is 13.9. The second kappa shape index (κ2) is 3.78. The van der Waals surface area contributed by atoms with Crippen LogP contribution in [0, 0.1) is 5.82 Å². The molecule has 1 fully saturated rings. The maximum atomic E-state index is 13.4. The van der Waals surface area contributed by atoms with Gasteiger partial charge in [-0.25, -0.2) is 9.37 Å². The summed E-state index contributed by atoms with van der Waals surface area (Å²) in [5.41, 5.74) is 1.59. The molecule has 0 radical (unpaired) electrons. The Labute approximate surface area is 107 Å². The zero-order valence-electron chi connectivity index (χ0n) is 9.48. The number of aromatic amines is 1. The van der Waals surface area contributed by atoms with Crippen molar-refractivity contribution in [1.82, 2.24) is 15.3 Å². The Bertz CT molecular complexity index is 533. The normalized spacial score (nSPS) is 24.6. The van der Waals surface area contributed by atoms with Crippen molar-refractivity contribution < 1.29 is 4.39 Å². The molecule has 2 aromatic rings. The highest BCUT2D eigenvalue weighted by molar-refractivity contribution is 9.10. The molecule has 1 aromatic carbocycles. The van der Waals surface area contributed by atoms with Crippen molar-refractivity contribution >= 4 is 27.0 Å². The van der Waals surface area contributed by atoms with E-state index in [-0.39, 0.29) is 11.2 Å². The first-order valence-electron chi connectivity index (χ1n) is 5.64. The molecule has 1 aliphatic heterocycles. The fourth-order valence-corrected chi connectivity index (χ4v) is 2.64. The van der Waals surface area contributed by atoms with Crippen molar-refractivity contribution in [3.63, 3.8) is 0 Å². The number of rotatable bonds is 1. The van der Waals surface area contributed by atoms with Crippen LogP contribution >= 0.6 is 15.9 Å². The zero-order valence-corrected chi connectivity index (χ0v) is 11.1. The van der Waals surface area contributed by atoms with E-state index in [0.29, 0.717) is 4.47 Å². The van der Waals surface area contributed by atoms with Crippen LogP contribution in [0.1, 0.15) is 19.2 Å². The van der Waals surface area contributed by atoms with Gasteiger partial charge in [-0.1, -0.05) is 6.92 Å². The van der Waals surface area contributed by atoms with Crippen molar-refractivity contribution in [1.29, 1.82) is 0 Å². The standard InChI is InChI=1S/C12H13BrFN3/c1-12(2-3-15-6-12)11-16-9-4-7(13)8(14)5-10(9)17-11/h4-5,15H,2-3,6H2,1H3,(H,16,17). The predicted octanol–water partition coefficient (Wildman–Crippen LogP) is 2.72. The summed E-state index contributed by atoms with van der Waals surface area (Å²) in [6.45, 7) is 4.10. The highest BCUT2D eigenvalue weighted by atomic mass is 79.9. The van der Waals surface area contributed by atoms with Gasteiger partial charge in [0.25, 0.3) is 0 Å². The van der Waals surface area contributed by atoms with E-state index in [2.05, 4.69) is 38.1 Å². The van der Waals surface area contributed by atoms with E-state index >= 15 is 0 Å². The Balaban J connectivity index is 2.13. The molecule has 1 saturated heterocycles. The highest BCUT2D eigenvalue weighted by Gasteiger charge is 2.33. The van der Waals surface area contributed by atoms with Gasteiger partial charge in [0.1, 0.15) is 11.6 Å². The summed E-state index contributed by atoms with van der Waals surface area (Å²) in [7, 11) is 0. The fourth-order valence-electron chi connectivity index (χ4n) is 2.31. The molecule has 0 saturated carbocycles. The maximum absolute atomic E-state index is 13.4. The van der Waals surface area contributed by atoms with Gasteiger partial charge in [0.05, 0.1) is 15.5 Å². The third-order valence-electron chi connectivity index (χ3n) is 3.46. The highest BCUT2D eigenvalue weighted by Crippen LogP contribution is 2.30. The molecule has 3 rings (SSSR count). The van der Waals surface area contributed by atoms with Gasteiger partial charge in [-0.05, 0) is 35.0 Å². The first kappa shape index (κ1) is 11.2. The number of nitrogens with zero attached hydrogens (tertiary/aromatic N) is 1. The zero-order chi connectivity index (χ0) is 12.0. The van der Waals surface area contributed by atoms with Crippen molar-refractivity contribution in [2.45, 2.75) is 18.8 Å². The molecule has 1 atom stereocenters. The second-order valence-electron chi connectivity index (χ2n) is 4.86. The Kier molecular flexibility index (Phi) is 2.48. The van der Waals surface area contributed by atoms with Gasteiger partial charge in [-0.3, -0.25) is 0 Å². The molecular weight excluding hydrogens is 285 g/mol. The van der Waals surface area contributed by atoms with Crippen molar-refractivity contribution in [3.8, 4) is 0 Å². The van der Waals surface area contributed by atoms with E-state index in [9.17, 15) is 4.39 Å². The van der Waals surface area contributed by atoms with E-state index in [1.54, 1.807) is 6.07 Å². The van der Waals surface area contributed by atoms with Gasteiger partial charge >= 0.3 is 0 Å². The summed E-state index contributed by atoms with van der Waals surface area (Å²) >= 11 is 3.18. The third kappa shape index (κ3) is 1.77. The van der Waals surface area contributed by atoms with Crippen LogP contribution in [0.5, 0.6) is 0 Å². The minimum Gasteiger partial charge on any atom is -0.341 e. The minimum atomic E-state index is -0.262. The van der Waals surface area contributed by atoms with Crippen LogP contribution in [0.4, 0.5) is 4.39 Å². The molecule has 90 valence electrons. The summed E-state index contributed by atoms with van der Waals surface area (Å²) in [6, 6.07) is 3.21. The van der Waals surface area contributed by atoms with Crippen LogP contribution in [-0.2, 0) is 5.41 Å². The predicted molar refractivity (Wildman–Crippen MR) is 68.6 cm³/mol. The molecule has 0 bridgehead atoms. The van der Waals surface area contributed by atoms with E-state index in [0.717, 1.165) is 36.4 Å². The average molecular weight is 298 g/mol. The molecule has 1 aromatic heterocycles.